The Morgan fingerprint density at radius 1 is 1.17 bits per heavy atom. The summed E-state index contributed by atoms with van der Waals surface area (Å²) < 4.78 is 21.6. The number of para-hydroxylation sites is 1. The number of fused-ring (bicyclic) bond motifs is 1. The zero-order valence-electron chi connectivity index (χ0n) is 15.8. The molecule has 2 aromatic carbocycles. The zero-order valence-corrected chi connectivity index (χ0v) is 15.8. The Morgan fingerprint density at radius 3 is 2.93 bits per heavy atom. The van der Waals surface area contributed by atoms with Gasteiger partial charge in [0.15, 0.2) is 11.5 Å². The summed E-state index contributed by atoms with van der Waals surface area (Å²) in [6, 6.07) is 12.4. The number of benzene rings is 2. The minimum Gasteiger partial charge on any atom is -0.496 e. The normalized spacial score (nSPS) is 17.6. The lowest BCUT2D eigenvalue weighted by Gasteiger charge is -2.22. The first kappa shape index (κ1) is 17.5. The third-order valence-electron chi connectivity index (χ3n) is 5.21. The second-order valence-corrected chi connectivity index (χ2v) is 6.88. The van der Waals surface area contributed by atoms with Gasteiger partial charge in [0.05, 0.1) is 12.7 Å². The molecule has 0 radical (unpaired) electrons. The molecule has 0 saturated carbocycles. The molecule has 3 aromatic rings. The summed E-state index contributed by atoms with van der Waals surface area (Å²) in [5.74, 6) is 2.68. The van der Waals surface area contributed by atoms with Gasteiger partial charge in [0.1, 0.15) is 11.8 Å². The first-order valence-corrected chi connectivity index (χ1v) is 9.42. The van der Waals surface area contributed by atoms with Gasteiger partial charge in [0.2, 0.25) is 18.5 Å². The van der Waals surface area contributed by atoms with Crippen LogP contribution in [0.1, 0.15) is 35.1 Å². The molecule has 1 atom stereocenters. The van der Waals surface area contributed by atoms with Crippen molar-refractivity contribution in [3.8, 4) is 28.6 Å². The molecule has 0 unspecified atom stereocenters. The number of ether oxygens (including phenoxy) is 3. The molecule has 148 valence electrons. The van der Waals surface area contributed by atoms with Gasteiger partial charge in [-0.2, -0.15) is 4.98 Å². The summed E-state index contributed by atoms with van der Waals surface area (Å²) in [5, 5.41) is 4.11. The van der Waals surface area contributed by atoms with E-state index < -0.39 is 0 Å². The summed E-state index contributed by atoms with van der Waals surface area (Å²) in [6.07, 6.45) is 1.64. The van der Waals surface area contributed by atoms with E-state index in [4.69, 9.17) is 18.7 Å². The van der Waals surface area contributed by atoms with Crippen molar-refractivity contribution in [3.63, 3.8) is 0 Å². The fourth-order valence-corrected chi connectivity index (χ4v) is 3.77. The van der Waals surface area contributed by atoms with Crippen molar-refractivity contribution in [2.24, 2.45) is 0 Å². The van der Waals surface area contributed by atoms with Crippen molar-refractivity contribution >= 4 is 5.91 Å². The number of amides is 1. The molecule has 5 rings (SSSR count). The average Bonchev–Trinajstić information content (AvgIpc) is 3.52. The Labute approximate surface area is 167 Å². The Bertz CT molecular complexity index is 1060. The fourth-order valence-electron chi connectivity index (χ4n) is 3.77. The number of hydrogen-bond acceptors (Lipinski definition) is 7. The fraction of sp³-hybridized carbons (Fsp3) is 0.286. The number of nitrogens with zero attached hydrogens (tertiary/aromatic N) is 3. The van der Waals surface area contributed by atoms with Crippen LogP contribution in [0, 0.1) is 0 Å². The number of likely N-dealkylation sites (tertiary alicyclic amines) is 1. The molecular formula is C21H19N3O5. The summed E-state index contributed by atoms with van der Waals surface area (Å²) in [6.45, 7) is 0.803. The van der Waals surface area contributed by atoms with Gasteiger partial charge < -0.3 is 23.6 Å². The Kier molecular flexibility index (Phi) is 4.31. The van der Waals surface area contributed by atoms with E-state index in [0.29, 0.717) is 41.1 Å². The number of methoxy groups -OCH3 is 1. The summed E-state index contributed by atoms with van der Waals surface area (Å²) in [4.78, 5) is 19.5. The van der Waals surface area contributed by atoms with Crippen LogP contribution in [0.15, 0.2) is 47.0 Å². The minimum absolute atomic E-state index is 0.0946. The van der Waals surface area contributed by atoms with Crippen LogP contribution in [0.25, 0.3) is 11.4 Å². The van der Waals surface area contributed by atoms with Gasteiger partial charge in [-0.3, -0.25) is 4.79 Å². The zero-order chi connectivity index (χ0) is 19.8. The molecule has 2 aliphatic rings. The average molecular weight is 393 g/mol. The smallest absolute Gasteiger partial charge is 0.254 e. The lowest BCUT2D eigenvalue weighted by Crippen LogP contribution is -2.30. The largest absolute Gasteiger partial charge is 0.496 e. The van der Waals surface area contributed by atoms with Crippen LogP contribution < -0.4 is 14.2 Å². The van der Waals surface area contributed by atoms with Gasteiger partial charge in [0.25, 0.3) is 5.91 Å². The van der Waals surface area contributed by atoms with E-state index in [1.165, 1.54) is 0 Å². The molecule has 3 heterocycles. The van der Waals surface area contributed by atoms with Crippen molar-refractivity contribution < 1.29 is 23.5 Å². The van der Waals surface area contributed by atoms with E-state index in [1.807, 2.05) is 24.3 Å². The molecule has 1 saturated heterocycles. The number of aromatic nitrogens is 2. The number of hydrogen-bond donors (Lipinski definition) is 0. The highest BCUT2D eigenvalue weighted by Crippen LogP contribution is 2.37. The third-order valence-corrected chi connectivity index (χ3v) is 5.21. The van der Waals surface area contributed by atoms with Crippen LogP contribution in [0.2, 0.25) is 0 Å². The monoisotopic (exact) mass is 393 g/mol. The highest BCUT2D eigenvalue weighted by molar-refractivity contribution is 5.95. The van der Waals surface area contributed by atoms with Gasteiger partial charge in [-0.25, -0.2) is 0 Å². The van der Waals surface area contributed by atoms with Gasteiger partial charge >= 0.3 is 0 Å². The molecule has 8 heteroatoms. The number of carbonyl (C=O) groups is 1. The van der Waals surface area contributed by atoms with E-state index in [-0.39, 0.29) is 18.7 Å². The second-order valence-electron chi connectivity index (χ2n) is 6.88. The second kappa shape index (κ2) is 7.12. The van der Waals surface area contributed by atoms with E-state index in [0.717, 1.165) is 18.4 Å². The van der Waals surface area contributed by atoms with Gasteiger partial charge in [-0.05, 0) is 43.2 Å². The molecule has 2 aliphatic heterocycles. The molecule has 1 aromatic heterocycles. The third kappa shape index (κ3) is 3.06. The van der Waals surface area contributed by atoms with Gasteiger partial charge in [-0.15, -0.1) is 0 Å². The predicted octanol–water partition coefficient (Wildman–Crippen LogP) is 3.45. The maximum atomic E-state index is 13.1. The lowest BCUT2D eigenvalue weighted by molar-refractivity contribution is 0.0709. The molecule has 1 amide bonds. The molecule has 0 aliphatic carbocycles. The summed E-state index contributed by atoms with van der Waals surface area (Å²) in [5.41, 5.74) is 1.29. The first-order chi connectivity index (χ1) is 14.2. The van der Waals surface area contributed by atoms with Crippen LogP contribution in [-0.4, -0.2) is 41.4 Å². The van der Waals surface area contributed by atoms with E-state index in [9.17, 15) is 4.79 Å². The highest BCUT2D eigenvalue weighted by Gasteiger charge is 2.35. The topological polar surface area (TPSA) is 86.9 Å². The standard InChI is InChI=1S/C21H19N3O5/c1-26-16-7-3-2-5-14(16)19-22-20(29-23-19)15-6-4-10-24(15)21(25)13-8-9-17-18(11-13)28-12-27-17/h2-3,5,7-9,11,15H,4,6,10,12H2,1H3/t15-/m1/s1. The van der Waals surface area contributed by atoms with Crippen molar-refractivity contribution in [2.75, 3.05) is 20.4 Å². The maximum absolute atomic E-state index is 13.1. The lowest BCUT2D eigenvalue weighted by atomic mass is 10.1. The maximum Gasteiger partial charge on any atom is 0.254 e. The Hall–Kier alpha value is -3.55. The van der Waals surface area contributed by atoms with Crippen LogP contribution in [-0.2, 0) is 0 Å². The molecular weight excluding hydrogens is 374 g/mol. The van der Waals surface area contributed by atoms with E-state index >= 15 is 0 Å². The first-order valence-electron chi connectivity index (χ1n) is 9.42. The van der Waals surface area contributed by atoms with Crippen LogP contribution >= 0.6 is 0 Å². The highest BCUT2D eigenvalue weighted by atomic mass is 16.7. The van der Waals surface area contributed by atoms with Crippen molar-refractivity contribution in [1.29, 1.82) is 0 Å². The van der Waals surface area contributed by atoms with Gasteiger partial charge in [0, 0.05) is 12.1 Å². The summed E-state index contributed by atoms with van der Waals surface area (Å²) >= 11 is 0. The van der Waals surface area contributed by atoms with Gasteiger partial charge in [-0.1, -0.05) is 17.3 Å². The molecule has 29 heavy (non-hydrogen) atoms. The molecule has 0 spiro atoms. The minimum atomic E-state index is -0.260. The van der Waals surface area contributed by atoms with Crippen molar-refractivity contribution in [2.45, 2.75) is 18.9 Å². The van der Waals surface area contributed by atoms with E-state index in [2.05, 4.69) is 10.1 Å². The van der Waals surface area contributed by atoms with Crippen molar-refractivity contribution in [3.05, 3.63) is 53.9 Å². The number of rotatable bonds is 4. The van der Waals surface area contributed by atoms with E-state index in [1.54, 1.807) is 30.2 Å². The molecule has 8 nitrogen and oxygen atoms in total. The number of carbonyl (C=O) groups excluding carboxylic acids is 1. The Morgan fingerprint density at radius 2 is 2.03 bits per heavy atom. The molecule has 0 N–H and O–H groups in total. The Balaban J connectivity index is 1.41. The SMILES string of the molecule is COc1ccccc1-c1noc([C@H]2CCCN2C(=O)c2ccc3c(c2)OCO3)n1. The predicted molar refractivity (Wildman–Crippen MR) is 102 cm³/mol. The van der Waals surface area contributed by atoms with Crippen LogP contribution in [0.3, 0.4) is 0 Å². The van der Waals surface area contributed by atoms with Crippen LogP contribution in [0.5, 0.6) is 17.2 Å². The summed E-state index contributed by atoms with van der Waals surface area (Å²) in [7, 11) is 1.60. The molecule has 1 fully saturated rings. The van der Waals surface area contributed by atoms with Crippen molar-refractivity contribution in [1.82, 2.24) is 15.0 Å². The molecule has 0 bridgehead atoms. The quantitative estimate of drug-likeness (QED) is 0.671. The van der Waals surface area contributed by atoms with Crippen LogP contribution in [0.4, 0.5) is 0 Å².